The van der Waals surface area contributed by atoms with Crippen molar-refractivity contribution in [3.05, 3.63) is 0 Å². The van der Waals surface area contributed by atoms with Crippen LogP contribution in [0.4, 0.5) is 0 Å². The van der Waals surface area contributed by atoms with E-state index in [4.69, 9.17) is 10.8 Å². The van der Waals surface area contributed by atoms with E-state index in [-0.39, 0.29) is 12.3 Å². The molecule has 1 aliphatic rings. The molecule has 19 heavy (non-hydrogen) atoms. The fourth-order valence-corrected chi connectivity index (χ4v) is 2.61. The number of piperidine rings is 1. The van der Waals surface area contributed by atoms with Gasteiger partial charge in [-0.2, -0.15) is 0 Å². The average molecular weight is 270 g/mol. The molecular weight excluding hydrogens is 244 g/mol. The number of carbonyl (C=O) groups is 2. The molecule has 0 bridgehead atoms. The van der Waals surface area contributed by atoms with E-state index < -0.39 is 12.0 Å². The van der Waals surface area contributed by atoms with Gasteiger partial charge in [0.15, 0.2) is 0 Å². The molecule has 3 N–H and O–H groups in total. The average Bonchev–Trinajstić information content (AvgIpc) is 2.35. The van der Waals surface area contributed by atoms with E-state index in [1.54, 1.807) is 0 Å². The Morgan fingerprint density at radius 3 is 2.37 bits per heavy atom. The minimum absolute atomic E-state index is 0.0467. The van der Waals surface area contributed by atoms with E-state index in [0.717, 1.165) is 38.8 Å². The number of carboxylic acid groups (broad SMARTS) is 1. The molecule has 1 saturated heterocycles. The first-order valence-corrected chi connectivity index (χ1v) is 7.16. The van der Waals surface area contributed by atoms with E-state index in [2.05, 4.69) is 13.8 Å². The molecule has 0 aromatic heterocycles. The lowest BCUT2D eigenvalue weighted by atomic mass is 9.91. The molecule has 1 heterocycles. The predicted molar refractivity (Wildman–Crippen MR) is 73.6 cm³/mol. The van der Waals surface area contributed by atoms with Gasteiger partial charge >= 0.3 is 5.97 Å². The van der Waals surface area contributed by atoms with Crippen molar-refractivity contribution in [2.45, 2.75) is 52.0 Å². The zero-order valence-electron chi connectivity index (χ0n) is 12.0. The largest absolute Gasteiger partial charge is 0.481 e. The molecule has 0 aliphatic carbocycles. The SMILES string of the molecule is CC(C)CC(N)C(=O)N1CCC(CCC(=O)O)CC1. The van der Waals surface area contributed by atoms with E-state index in [9.17, 15) is 9.59 Å². The van der Waals surface area contributed by atoms with Gasteiger partial charge in [0.25, 0.3) is 0 Å². The minimum Gasteiger partial charge on any atom is -0.481 e. The summed E-state index contributed by atoms with van der Waals surface area (Å²) in [6, 6.07) is -0.393. The Hall–Kier alpha value is -1.10. The van der Waals surface area contributed by atoms with Crippen LogP contribution in [0.25, 0.3) is 0 Å². The van der Waals surface area contributed by atoms with Gasteiger partial charge < -0.3 is 15.7 Å². The van der Waals surface area contributed by atoms with E-state index in [1.165, 1.54) is 0 Å². The summed E-state index contributed by atoms with van der Waals surface area (Å²) in [5, 5.41) is 8.66. The number of carbonyl (C=O) groups excluding carboxylic acids is 1. The number of amides is 1. The number of hydrogen-bond acceptors (Lipinski definition) is 3. The number of likely N-dealkylation sites (tertiary alicyclic amines) is 1. The minimum atomic E-state index is -0.738. The summed E-state index contributed by atoms with van der Waals surface area (Å²) in [6.07, 6.45) is 3.46. The van der Waals surface area contributed by atoms with E-state index in [1.807, 2.05) is 4.90 Å². The summed E-state index contributed by atoms with van der Waals surface area (Å²) in [5.41, 5.74) is 5.91. The summed E-state index contributed by atoms with van der Waals surface area (Å²) < 4.78 is 0. The maximum absolute atomic E-state index is 12.1. The second-order valence-corrected chi connectivity index (χ2v) is 5.94. The fraction of sp³-hybridized carbons (Fsp3) is 0.857. The summed E-state index contributed by atoms with van der Waals surface area (Å²) >= 11 is 0. The third kappa shape index (κ3) is 5.59. The van der Waals surface area contributed by atoms with Crippen molar-refractivity contribution >= 4 is 11.9 Å². The van der Waals surface area contributed by atoms with Gasteiger partial charge in [0.2, 0.25) is 5.91 Å². The molecule has 0 radical (unpaired) electrons. The van der Waals surface area contributed by atoms with Crippen LogP contribution in [0.2, 0.25) is 0 Å². The highest BCUT2D eigenvalue weighted by Crippen LogP contribution is 2.22. The van der Waals surface area contributed by atoms with Crippen molar-refractivity contribution in [1.29, 1.82) is 0 Å². The number of nitrogens with zero attached hydrogens (tertiary/aromatic N) is 1. The van der Waals surface area contributed by atoms with Gasteiger partial charge in [-0.1, -0.05) is 13.8 Å². The fourth-order valence-electron chi connectivity index (χ4n) is 2.61. The molecule has 110 valence electrons. The quantitative estimate of drug-likeness (QED) is 0.765. The first-order valence-electron chi connectivity index (χ1n) is 7.16. The molecule has 0 spiro atoms. The van der Waals surface area contributed by atoms with Crippen molar-refractivity contribution in [2.75, 3.05) is 13.1 Å². The van der Waals surface area contributed by atoms with Gasteiger partial charge in [-0.25, -0.2) is 0 Å². The van der Waals surface area contributed by atoms with Crippen molar-refractivity contribution in [3.8, 4) is 0 Å². The van der Waals surface area contributed by atoms with Crippen molar-refractivity contribution in [1.82, 2.24) is 4.90 Å². The molecule has 0 aromatic carbocycles. The van der Waals surface area contributed by atoms with Gasteiger partial charge in [0.1, 0.15) is 0 Å². The monoisotopic (exact) mass is 270 g/mol. The Labute approximate surface area is 115 Å². The second-order valence-electron chi connectivity index (χ2n) is 5.94. The molecule has 0 saturated carbocycles. The smallest absolute Gasteiger partial charge is 0.303 e. The highest BCUT2D eigenvalue weighted by Gasteiger charge is 2.26. The standard InChI is InChI=1S/C14H26N2O3/c1-10(2)9-12(15)14(19)16-7-5-11(6-8-16)3-4-13(17)18/h10-12H,3-9,15H2,1-2H3,(H,17,18). The lowest BCUT2D eigenvalue weighted by Gasteiger charge is -2.33. The number of nitrogens with two attached hydrogens (primary N) is 1. The Morgan fingerprint density at radius 2 is 1.89 bits per heavy atom. The van der Waals surface area contributed by atoms with E-state index in [0.29, 0.717) is 11.8 Å². The van der Waals surface area contributed by atoms with Gasteiger partial charge in [-0.3, -0.25) is 9.59 Å². The van der Waals surface area contributed by atoms with Crippen molar-refractivity contribution in [3.63, 3.8) is 0 Å². The molecule has 5 heteroatoms. The molecule has 5 nitrogen and oxygen atoms in total. The Bertz CT molecular complexity index is 310. The summed E-state index contributed by atoms with van der Waals surface area (Å²) in [7, 11) is 0. The maximum atomic E-state index is 12.1. The molecule has 1 fully saturated rings. The molecule has 0 aromatic rings. The van der Waals surface area contributed by atoms with Gasteiger partial charge in [-0.15, -0.1) is 0 Å². The van der Waals surface area contributed by atoms with Crippen LogP contribution >= 0.6 is 0 Å². The highest BCUT2D eigenvalue weighted by molar-refractivity contribution is 5.81. The number of carboxylic acids is 1. The molecule has 1 atom stereocenters. The van der Waals surface area contributed by atoms with Crippen LogP contribution < -0.4 is 5.73 Å². The summed E-state index contributed by atoms with van der Waals surface area (Å²) in [6.45, 7) is 5.56. The Kier molecular flexibility index (Phi) is 6.28. The Morgan fingerprint density at radius 1 is 1.32 bits per heavy atom. The van der Waals surface area contributed by atoms with Crippen LogP contribution in [-0.2, 0) is 9.59 Å². The van der Waals surface area contributed by atoms with Gasteiger partial charge in [0.05, 0.1) is 6.04 Å². The Balaban J connectivity index is 2.32. The third-order valence-corrected chi connectivity index (χ3v) is 3.74. The number of hydrogen-bond donors (Lipinski definition) is 2. The predicted octanol–water partition coefficient (Wildman–Crippen LogP) is 1.46. The zero-order valence-corrected chi connectivity index (χ0v) is 12.0. The van der Waals surface area contributed by atoms with Crippen LogP contribution in [0.5, 0.6) is 0 Å². The zero-order chi connectivity index (χ0) is 14.4. The first kappa shape index (κ1) is 16.0. The van der Waals surface area contributed by atoms with Crippen LogP contribution in [0.3, 0.4) is 0 Å². The first-order chi connectivity index (χ1) is 8.90. The van der Waals surface area contributed by atoms with Crippen LogP contribution in [0.1, 0.15) is 46.0 Å². The molecule has 1 amide bonds. The van der Waals surface area contributed by atoms with Crippen LogP contribution in [-0.4, -0.2) is 41.0 Å². The van der Waals surface area contributed by atoms with Crippen LogP contribution in [0, 0.1) is 11.8 Å². The lowest BCUT2D eigenvalue weighted by Crippen LogP contribution is -2.47. The maximum Gasteiger partial charge on any atom is 0.303 e. The number of rotatable bonds is 6. The van der Waals surface area contributed by atoms with Crippen LogP contribution in [0.15, 0.2) is 0 Å². The third-order valence-electron chi connectivity index (χ3n) is 3.74. The lowest BCUT2D eigenvalue weighted by molar-refractivity contribution is -0.138. The normalized spacial score (nSPS) is 18.6. The molecule has 1 rings (SSSR count). The van der Waals surface area contributed by atoms with Gasteiger partial charge in [-0.05, 0) is 37.5 Å². The number of aliphatic carboxylic acids is 1. The van der Waals surface area contributed by atoms with Crippen molar-refractivity contribution in [2.24, 2.45) is 17.6 Å². The van der Waals surface area contributed by atoms with Crippen molar-refractivity contribution < 1.29 is 14.7 Å². The molecular formula is C14H26N2O3. The highest BCUT2D eigenvalue weighted by atomic mass is 16.4. The summed E-state index contributed by atoms with van der Waals surface area (Å²) in [4.78, 5) is 24.5. The molecule has 1 aliphatic heterocycles. The molecule has 1 unspecified atom stereocenters. The topological polar surface area (TPSA) is 83.6 Å². The van der Waals surface area contributed by atoms with Gasteiger partial charge in [0, 0.05) is 19.5 Å². The van der Waals surface area contributed by atoms with E-state index >= 15 is 0 Å². The second kappa shape index (κ2) is 7.48. The summed E-state index contributed by atoms with van der Waals surface area (Å²) in [5.74, 6) is 0.163.